The van der Waals surface area contributed by atoms with E-state index < -0.39 is 23.3 Å². The third-order valence-corrected chi connectivity index (χ3v) is 6.39. The molecule has 1 fully saturated rings. The van der Waals surface area contributed by atoms with Crippen LogP contribution < -0.4 is 10.2 Å². The van der Waals surface area contributed by atoms with Crippen LogP contribution in [0.5, 0.6) is 0 Å². The highest BCUT2D eigenvalue weighted by Gasteiger charge is 2.39. The molecule has 0 aliphatic carbocycles. The highest BCUT2D eigenvalue weighted by Crippen LogP contribution is 2.35. The Morgan fingerprint density at radius 2 is 2.18 bits per heavy atom. The fraction of sp³-hybridized carbons (Fsp3) is 0.312. The van der Waals surface area contributed by atoms with E-state index in [1.807, 2.05) is 12.3 Å². The topological polar surface area (TPSA) is 101 Å². The van der Waals surface area contributed by atoms with Gasteiger partial charge in [0.05, 0.1) is 26.6 Å². The van der Waals surface area contributed by atoms with Gasteiger partial charge in [-0.25, -0.2) is 13.8 Å². The maximum Gasteiger partial charge on any atom is 0.324 e. The van der Waals surface area contributed by atoms with Crippen molar-refractivity contribution in [2.75, 3.05) is 23.3 Å². The van der Waals surface area contributed by atoms with Crippen molar-refractivity contribution in [3.63, 3.8) is 0 Å². The summed E-state index contributed by atoms with van der Waals surface area (Å²) in [7, 11) is 0. The first-order valence-corrected chi connectivity index (χ1v) is 9.87. The molecule has 0 spiro atoms. The van der Waals surface area contributed by atoms with Crippen molar-refractivity contribution in [2.45, 2.75) is 19.3 Å². The Morgan fingerprint density at radius 3 is 2.82 bits per heavy atom. The molecule has 0 bridgehead atoms. The van der Waals surface area contributed by atoms with Gasteiger partial charge in [0.1, 0.15) is 0 Å². The van der Waals surface area contributed by atoms with E-state index in [1.165, 1.54) is 28.4 Å². The Kier molecular flexibility index (Phi) is 4.46. The number of fused-ring (bicyclic) bond motifs is 1. The smallest absolute Gasteiger partial charge is 0.324 e. The number of carbonyl (C=O) groups is 1. The number of amides is 1. The third-order valence-electron chi connectivity index (χ3n) is 4.26. The van der Waals surface area contributed by atoms with Gasteiger partial charge in [0, 0.05) is 19.0 Å². The molecule has 0 unspecified atom stereocenters. The van der Waals surface area contributed by atoms with Crippen molar-refractivity contribution in [3.8, 4) is 0 Å². The number of aromatic nitrogens is 2. The summed E-state index contributed by atoms with van der Waals surface area (Å²) in [6.45, 7) is 1.47. The Morgan fingerprint density at radius 1 is 1.39 bits per heavy atom. The molecule has 4 rings (SSSR count). The molecular weight excluding hydrogens is 412 g/mol. The summed E-state index contributed by atoms with van der Waals surface area (Å²) < 4.78 is 27.8. The zero-order valence-electron chi connectivity index (χ0n) is 14.4. The monoisotopic (exact) mass is 425 g/mol. The molecule has 3 aromatic heterocycles. The predicted octanol–water partition coefficient (Wildman–Crippen LogP) is 4.07. The third kappa shape index (κ3) is 3.40. The molecule has 1 aliphatic heterocycles. The molecule has 0 saturated carbocycles. The fourth-order valence-corrected chi connectivity index (χ4v) is 4.52. The first kappa shape index (κ1) is 18.6. The molecule has 3 aromatic rings. The lowest BCUT2D eigenvalue weighted by Crippen LogP contribution is -2.27. The number of anilines is 2. The van der Waals surface area contributed by atoms with Crippen LogP contribution in [0.1, 0.15) is 21.7 Å². The number of carbonyl (C=O) groups excluding carboxylic acids is 1. The molecule has 1 N–H and O–H groups in total. The minimum atomic E-state index is -2.80. The van der Waals surface area contributed by atoms with E-state index in [4.69, 9.17) is 0 Å². The second-order valence-electron chi connectivity index (χ2n) is 6.35. The second kappa shape index (κ2) is 6.71. The van der Waals surface area contributed by atoms with Gasteiger partial charge in [-0.3, -0.25) is 14.9 Å². The van der Waals surface area contributed by atoms with Gasteiger partial charge in [-0.15, -0.1) is 11.3 Å². The molecule has 28 heavy (non-hydrogen) atoms. The van der Waals surface area contributed by atoms with Crippen LogP contribution in [0, 0.1) is 17.0 Å². The number of nitro groups is 1. The number of alkyl halides is 2. The lowest BCUT2D eigenvalue weighted by molar-refractivity contribution is -0.380. The summed E-state index contributed by atoms with van der Waals surface area (Å²) in [6, 6.07) is 2.61. The molecule has 1 saturated heterocycles. The van der Waals surface area contributed by atoms with E-state index in [0.29, 0.717) is 10.2 Å². The number of rotatable bonds is 4. The largest absolute Gasteiger partial charge is 0.334 e. The molecule has 12 heteroatoms. The Labute approximate surface area is 165 Å². The van der Waals surface area contributed by atoms with Gasteiger partial charge in [-0.2, -0.15) is 4.98 Å². The van der Waals surface area contributed by atoms with E-state index in [-0.39, 0.29) is 34.6 Å². The normalized spacial score (nSPS) is 15.9. The second-order valence-corrected chi connectivity index (χ2v) is 8.29. The van der Waals surface area contributed by atoms with Gasteiger partial charge < -0.3 is 10.2 Å². The van der Waals surface area contributed by atoms with E-state index in [0.717, 1.165) is 16.9 Å². The van der Waals surface area contributed by atoms with Gasteiger partial charge in [0.2, 0.25) is 5.95 Å². The summed E-state index contributed by atoms with van der Waals surface area (Å²) >= 11 is 2.08. The molecule has 4 heterocycles. The Bertz CT molecular complexity index is 1100. The van der Waals surface area contributed by atoms with Gasteiger partial charge in [0.25, 0.3) is 11.8 Å². The summed E-state index contributed by atoms with van der Waals surface area (Å²) in [4.78, 5) is 33.0. The van der Waals surface area contributed by atoms with Crippen LogP contribution in [0.2, 0.25) is 0 Å². The molecule has 0 atom stereocenters. The number of halogens is 2. The molecule has 0 radical (unpaired) electrons. The van der Waals surface area contributed by atoms with Gasteiger partial charge in [-0.1, -0.05) is 11.3 Å². The highest BCUT2D eigenvalue weighted by molar-refractivity contribution is 7.18. The lowest BCUT2D eigenvalue weighted by atomic mass is 10.3. The Hall–Kier alpha value is -2.73. The number of aryl methyl sites for hydroxylation is 1. The van der Waals surface area contributed by atoms with Crippen molar-refractivity contribution in [1.29, 1.82) is 0 Å². The van der Waals surface area contributed by atoms with E-state index in [9.17, 15) is 23.7 Å². The van der Waals surface area contributed by atoms with Crippen LogP contribution in [-0.2, 0) is 0 Å². The van der Waals surface area contributed by atoms with Crippen LogP contribution in [-0.4, -0.2) is 39.8 Å². The quantitative estimate of drug-likeness (QED) is 0.500. The first-order chi connectivity index (χ1) is 13.2. The zero-order valence-corrected chi connectivity index (χ0v) is 16.1. The van der Waals surface area contributed by atoms with E-state index >= 15 is 0 Å². The first-order valence-electron chi connectivity index (χ1n) is 8.18. The number of hydrogen-bond acceptors (Lipinski definition) is 8. The number of nitrogens with one attached hydrogen (secondary N) is 1. The van der Waals surface area contributed by atoms with Crippen molar-refractivity contribution in [3.05, 3.63) is 38.1 Å². The zero-order chi connectivity index (χ0) is 20.1. The van der Waals surface area contributed by atoms with Crippen LogP contribution in [0.15, 0.2) is 17.5 Å². The number of nitrogens with zero attached hydrogens (tertiary/aromatic N) is 4. The molecule has 1 amide bonds. The molecule has 8 nitrogen and oxygen atoms in total. The SMILES string of the molecule is Cc1csc2c(NC(=O)c3ccc([N+](=O)[O-])s3)nc(N3CCC(F)(F)C3)nc12. The summed E-state index contributed by atoms with van der Waals surface area (Å²) in [5.41, 5.74) is 1.43. The predicted molar refractivity (Wildman–Crippen MR) is 103 cm³/mol. The average molecular weight is 425 g/mol. The minimum Gasteiger partial charge on any atom is -0.334 e. The highest BCUT2D eigenvalue weighted by atomic mass is 32.1. The molecule has 1 aliphatic rings. The minimum absolute atomic E-state index is 0.117. The van der Waals surface area contributed by atoms with Crippen molar-refractivity contribution < 1.29 is 18.5 Å². The van der Waals surface area contributed by atoms with Crippen LogP contribution in [0.25, 0.3) is 10.2 Å². The number of thiophene rings is 2. The molecular formula is C16H13F2N5O3S2. The maximum atomic E-state index is 13.6. The van der Waals surface area contributed by atoms with E-state index in [2.05, 4.69) is 15.3 Å². The summed E-state index contributed by atoms with van der Waals surface area (Å²) in [5.74, 6) is -3.03. The number of hydrogen-bond donors (Lipinski definition) is 1. The summed E-state index contributed by atoms with van der Waals surface area (Å²) in [5, 5.41) is 15.2. The van der Waals surface area contributed by atoms with Gasteiger partial charge >= 0.3 is 5.00 Å². The van der Waals surface area contributed by atoms with Crippen LogP contribution in [0.4, 0.5) is 25.5 Å². The van der Waals surface area contributed by atoms with Gasteiger partial charge in [0.15, 0.2) is 5.82 Å². The molecule has 0 aromatic carbocycles. The maximum absolute atomic E-state index is 13.6. The van der Waals surface area contributed by atoms with Crippen LogP contribution in [0.3, 0.4) is 0 Å². The lowest BCUT2D eigenvalue weighted by Gasteiger charge is -2.17. The van der Waals surface area contributed by atoms with Gasteiger partial charge in [-0.05, 0) is 23.9 Å². The van der Waals surface area contributed by atoms with Crippen molar-refractivity contribution in [1.82, 2.24) is 9.97 Å². The van der Waals surface area contributed by atoms with Crippen molar-refractivity contribution in [2.24, 2.45) is 0 Å². The average Bonchev–Trinajstić information content (AvgIpc) is 3.34. The van der Waals surface area contributed by atoms with Crippen molar-refractivity contribution >= 4 is 55.6 Å². The fourth-order valence-electron chi connectivity index (χ4n) is 2.87. The molecule has 146 valence electrons. The Balaban J connectivity index is 1.69. The van der Waals surface area contributed by atoms with Crippen LogP contribution >= 0.6 is 22.7 Å². The summed E-state index contributed by atoms with van der Waals surface area (Å²) in [6.07, 6.45) is -0.280. The standard InChI is InChI=1S/C16H13F2N5O3S2/c1-8-6-27-12-11(8)19-15(22-5-4-16(17,18)7-22)21-13(12)20-14(24)9-2-3-10(28-9)23(25)26/h2-3,6H,4-5,7H2,1H3,(H,19,20,21,24). The van der Waals surface area contributed by atoms with E-state index in [1.54, 1.807) is 0 Å².